The molecule has 3 rings (SSSR count). The first-order valence-corrected chi connectivity index (χ1v) is 10.2. The van der Waals surface area contributed by atoms with Crippen molar-refractivity contribution < 1.29 is 42.1 Å². The molecule has 0 bridgehead atoms. The number of carbonyl (C=O) groups is 3. The van der Waals surface area contributed by atoms with E-state index in [2.05, 4.69) is 10.3 Å². The Morgan fingerprint density at radius 2 is 1.67 bits per heavy atom. The number of imidazole rings is 1. The van der Waals surface area contributed by atoms with Gasteiger partial charge in [0.05, 0.1) is 11.0 Å². The lowest BCUT2D eigenvalue weighted by Crippen LogP contribution is -2.40. The SMILES string of the molecule is CC(=O)OC[C@H]1O[C@@H](n2c(NC(C)C)nc3cc(F)c(F)cc32)[C@H](OC(C)=O)[C@@H]1OC(C)=O. The van der Waals surface area contributed by atoms with Crippen LogP contribution in [0.4, 0.5) is 14.7 Å². The fraction of sp³-hybridized carbons (Fsp3) is 0.524. The van der Waals surface area contributed by atoms with Crippen molar-refractivity contribution in [3.63, 3.8) is 0 Å². The standard InChI is InChI=1S/C21H25F2N3O7/c1-9(2)24-21-25-15-6-13(22)14(23)7-16(15)26(21)20-19(32-12(5)29)18(31-11(4)28)17(33-20)8-30-10(3)27/h6-7,9,17-20H,8H2,1-5H3,(H,24,25)/t17-,18-,19-,20-/m1/s1. The van der Waals surface area contributed by atoms with Gasteiger partial charge in [-0.2, -0.15) is 0 Å². The van der Waals surface area contributed by atoms with Crippen LogP contribution in [0.25, 0.3) is 11.0 Å². The number of carbonyl (C=O) groups excluding carboxylic acids is 3. The predicted octanol–water partition coefficient (Wildman–Crippen LogP) is 2.46. The first kappa shape index (κ1) is 24.4. The van der Waals surface area contributed by atoms with Crippen LogP contribution >= 0.6 is 0 Å². The summed E-state index contributed by atoms with van der Waals surface area (Å²) >= 11 is 0. The third-order valence-corrected chi connectivity index (χ3v) is 4.74. The molecular formula is C21H25F2N3O7. The van der Waals surface area contributed by atoms with E-state index >= 15 is 0 Å². The first-order valence-electron chi connectivity index (χ1n) is 10.2. The number of esters is 3. The molecule has 2 aromatic rings. The summed E-state index contributed by atoms with van der Waals surface area (Å²) in [4.78, 5) is 39.3. The molecule has 0 aliphatic carbocycles. The van der Waals surface area contributed by atoms with Crippen LogP contribution in [0.15, 0.2) is 12.1 Å². The van der Waals surface area contributed by atoms with E-state index in [4.69, 9.17) is 18.9 Å². The zero-order valence-electron chi connectivity index (χ0n) is 18.8. The lowest BCUT2D eigenvalue weighted by atomic mass is 10.1. The maximum absolute atomic E-state index is 14.1. The van der Waals surface area contributed by atoms with Gasteiger partial charge in [-0.25, -0.2) is 13.8 Å². The summed E-state index contributed by atoms with van der Waals surface area (Å²) in [7, 11) is 0. The largest absolute Gasteiger partial charge is 0.463 e. The van der Waals surface area contributed by atoms with Crippen molar-refractivity contribution in [1.29, 1.82) is 0 Å². The minimum Gasteiger partial charge on any atom is -0.463 e. The van der Waals surface area contributed by atoms with Crippen LogP contribution in [0.1, 0.15) is 40.8 Å². The normalized spacial score (nSPS) is 22.4. The van der Waals surface area contributed by atoms with E-state index in [1.807, 2.05) is 13.8 Å². The summed E-state index contributed by atoms with van der Waals surface area (Å²) in [6.07, 6.45) is -4.53. The number of hydrogen-bond acceptors (Lipinski definition) is 9. The first-order chi connectivity index (χ1) is 15.5. The highest BCUT2D eigenvalue weighted by atomic mass is 19.2. The Morgan fingerprint density at radius 3 is 2.24 bits per heavy atom. The van der Waals surface area contributed by atoms with Gasteiger partial charge in [-0.15, -0.1) is 0 Å². The smallest absolute Gasteiger partial charge is 0.303 e. The topological polar surface area (TPSA) is 118 Å². The molecule has 10 nitrogen and oxygen atoms in total. The average Bonchev–Trinajstić information content (AvgIpc) is 3.17. The molecule has 180 valence electrons. The van der Waals surface area contributed by atoms with Crippen molar-refractivity contribution in [3.8, 4) is 0 Å². The zero-order valence-corrected chi connectivity index (χ0v) is 18.8. The summed E-state index contributed by atoms with van der Waals surface area (Å²) < 4.78 is 51.2. The summed E-state index contributed by atoms with van der Waals surface area (Å²) in [5, 5.41) is 3.07. The molecule has 1 N–H and O–H groups in total. The summed E-state index contributed by atoms with van der Waals surface area (Å²) in [6.45, 7) is 6.88. The number of nitrogens with zero attached hydrogens (tertiary/aromatic N) is 2. The Morgan fingerprint density at radius 1 is 1.06 bits per heavy atom. The van der Waals surface area contributed by atoms with E-state index in [1.165, 1.54) is 11.5 Å². The number of rotatable bonds is 7. The van der Waals surface area contributed by atoms with E-state index in [-0.39, 0.29) is 29.6 Å². The monoisotopic (exact) mass is 469 g/mol. The van der Waals surface area contributed by atoms with Crippen molar-refractivity contribution in [2.75, 3.05) is 11.9 Å². The third kappa shape index (κ3) is 5.38. The molecule has 1 aromatic heterocycles. The number of anilines is 1. The second-order valence-corrected chi connectivity index (χ2v) is 7.88. The van der Waals surface area contributed by atoms with Crippen LogP contribution in [-0.2, 0) is 33.3 Å². The molecule has 0 amide bonds. The highest BCUT2D eigenvalue weighted by Crippen LogP contribution is 2.39. The van der Waals surface area contributed by atoms with Gasteiger partial charge in [0.25, 0.3) is 0 Å². The Kier molecular flexibility index (Phi) is 7.15. The zero-order chi connectivity index (χ0) is 24.4. The van der Waals surface area contributed by atoms with Crippen LogP contribution in [-0.4, -0.2) is 58.4 Å². The Labute approximate surface area is 188 Å². The number of ether oxygens (including phenoxy) is 4. The molecule has 0 spiro atoms. The van der Waals surface area contributed by atoms with Crippen LogP contribution in [0.2, 0.25) is 0 Å². The number of hydrogen-bond donors (Lipinski definition) is 1. The quantitative estimate of drug-likeness (QED) is 0.482. The molecular weight excluding hydrogens is 444 g/mol. The number of aromatic nitrogens is 2. The summed E-state index contributed by atoms with van der Waals surface area (Å²) in [5.74, 6) is -3.99. The van der Waals surface area contributed by atoms with Crippen LogP contribution in [0, 0.1) is 11.6 Å². The molecule has 1 fully saturated rings. The van der Waals surface area contributed by atoms with Crippen molar-refractivity contribution in [1.82, 2.24) is 9.55 Å². The molecule has 1 saturated heterocycles. The third-order valence-electron chi connectivity index (χ3n) is 4.74. The van der Waals surface area contributed by atoms with Gasteiger partial charge in [-0.1, -0.05) is 0 Å². The minimum absolute atomic E-state index is 0.120. The Hall–Kier alpha value is -3.28. The van der Waals surface area contributed by atoms with E-state index in [0.29, 0.717) is 0 Å². The molecule has 0 unspecified atom stereocenters. The van der Waals surface area contributed by atoms with E-state index in [0.717, 1.165) is 26.0 Å². The van der Waals surface area contributed by atoms with Gasteiger partial charge in [0, 0.05) is 38.9 Å². The minimum atomic E-state index is -1.20. The maximum atomic E-state index is 14.1. The number of halogens is 2. The average molecular weight is 469 g/mol. The lowest BCUT2D eigenvalue weighted by Gasteiger charge is -2.25. The predicted molar refractivity (Wildman–Crippen MR) is 110 cm³/mol. The van der Waals surface area contributed by atoms with Gasteiger partial charge >= 0.3 is 17.9 Å². The molecule has 12 heteroatoms. The molecule has 1 aromatic carbocycles. The number of fused-ring (bicyclic) bond motifs is 1. The van der Waals surface area contributed by atoms with Gasteiger partial charge in [-0.3, -0.25) is 19.0 Å². The van der Waals surface area contributed by atoms with Gasteiger partial charge < -0.3 is 24.3 Å². The van der Waals surface area contributed by atoms with Crippen LogP contribution < -0.4 is 5.32 Å². The van der Waals surface area contributed by atoms with Crippen molar-refractivity contribution >= 4 is 34.9 Å². The fourth-order valence-corrected chi connectivity index (χ4v) is 3.61. The van der Waals surface area contributed by atoms with Gasteiger partial charge in [0.2, 0.25) is 5.95 Å². The summed E-state index contributed by atoms with van der Waals surface area (Å²) in [6, 6.07) is 1.74. The van der Waals surface area contributed by atoms with E-state index < -0.39 is 54.1 Å². The van der Waals surface area contributed by atoms with Gasteiger partial charge in [-0.05, 0) is 13.8 Å². The van der Waals surface area contributed by atoms with Crippen LogP contribution in [0.3, 0.4) is 0 Å². The molecule has 33 heavy (non-hydrogen) atoms. The van der Waals surface area contributed by atoms with Gasteiger partial charge in [0.15, 0.2) is 30.1 Å². The van der Waals surface area contributed by atoms with Crippen molar-refractivity contribution in [3.05, 3.63) is 23.8 Å². The molecule has 4 atom stereocenters. The molecule has 0 saturated carbocycles. The lowest BCUT2D eigenvalue weighted by molar-refractivity contribution is -0.166. The highest BCUT2D eigenvalue weighted by molar-refractivity contribution is 5.79. The van der Waals surface area contributed by atoms with E-state index in [1.54, 1.807) is 0 Å². The van der Waals surface area contributed by atoms with Gasteiger partial charge in [0.1, 0.15) is 12.7 Å². The van der Waals surface area contributed by atoms with E-state index in [9.17, 15) is 23.2 Å². The van der Waals surface area contributed by atoms with Crippen molar-refractivity contribution in [2.45, 2.75) is 65.2 Å². The Balaban J connectivity index is 2.16. The second kappa shape index (κ2) is 9.69. The fourth-order valence-electron chi connectivity index (χ4n) is 3.61. The van der Waals surface area contributed by atoms with Crippen molar-refractivity contribution in [2.24, 2.45) is 0 Å². The summed E-state index contributed by atoms with van der Waals surface area (Å²) in [5.41, 5.74) is 0.267. The molecule has 1 aliphatic heterocycles. The Bertz CT molecular complexity index is 1070. The number of benzene rings is 1. The maximum Gasteiger partial charge on any atom is 0.303 e. The highest BCUT2D eigenvalue weighted by Gasteiger charge is 2.51. The molecule has 2 heterocycles. The molecule has 0 radical (unpaired) electrons. The van der Waals surface area contributed by atoms with Crippen LogP contribution in [0.5, 0.6) is 0 Å². The number of nitrogens with one attached hydrogen (secondary N) is 1. The second-order valence-electron chi connectivity index (χ2n) is 7.88. The molecule has 1 aliphatic rings.